The first-order valence-corrected chi connectivity index (χ1v) is 6.68. The molecule has 0 spiro atoms. The highest BCUT2D eigenvalue weighted by Crippen LogP contribution is 2.42. The largest absolute Gasteiger partial charge is 0.497 e. The number of ether oxygens (including phenoxy) is 1. The molecule has 1 saturated heterocycles. The SMILES string of the molecule is COc1cccc([C@]23CCC[C@H](NCC2)C3=O)c1. The average Bonchev–Trinajstić information content (AvgIpc) is 2.39. The van der Waals surface area contributed by atoms with Gasteiger partial charge in [0.2, 0.25) is 0 Å². The molecule has 96 valence electrons. The molecule has 0 amide bonds. The third-order valence-electron chi connectivity index (χ3n) is 4.45. The lowest BCUT2D eigenvalue weighted by molar-refractivity contribution is -0.131. The van der Waals surface area contributed by atoms with Crippen LogP contribution in [0.25, 0.3) is 0 Å². The molecule has 2 aliphatic rings. The van der Waals surface area contributed by atoms with Crippen LogP contribution >= 0.6 is 0 Å². The molecule has 2 fully saturated rings. The van der Waals surface area contributed by atoms with Crippen LogP contribution in [0.4, 0.5) is 0 Å². The van der Waals surface area contributed by atoms with Crippen molar-refractivity contribution in [1.29, 1.82) is 0 Å². The molecule has 1 aromatic rings. The number of nitrogens with one attached hydrogen (secondary N) is 1. The smallest absolute Gasteiger partial charge is 0.160 e. The number of Topliss-reactive ketones (excluding diaryl/α,β-unsaturated/α-hetero) is 1. The zero-order valence-electron chi connectivity index (χ0n) is 10.7. The average molecular weight is 245 g/mol. The molecule has 1 heterocycles. The number of hydrogen-bond donors (Lipinski definition) is 1. The van der Waals surface area contributed by atoms with Gasteiger partial charge in [0.25, 0.3) is 0 Å². The first-order valence-electron chi connectivity index (χ1n) is 6.68. The van der Waals surface area contributed by atoms with Crippen molar-refractivity contribution in [2.24, 2.45) is 0 Å². The highest BCUT2D eigenvalue weighted by atomic mass is 16.5. The first kappa shape index (κ1) is 11.7. The molecule has 2 atom stereocenters. The lowest BCUT2D eigenvalue weighted by Crippen LogP contribution is -2.57. The van der Waals surface area contributed by atoms with Gasteiger partial charge in [0, 0.05) is 0 Å². The number of ketones is 1. The van der Waals surface area contributed by atoms with E-state index in [0.29, 0.717) is 5.78 Å². The van der Waals surface area contributed by atoms with Gasteiger partial charge in [0.05, 0.1) is 18.6 Å². The first-order chi connectivity index (χ1) is 8.76. The fourth-order valence-electron chi connectivity index (χ4n) is 3.45. The van der Waals surface area contributed by atoms with Gasteiger partial charge < -0.3 is 10.1 Å². The Morgan fingerprint density at radius 1 is 1.39 bits per heavy atom. The fourth-order valence-corrected chi connectivity index (χ4v) is 3.45. The van der Waals surface area contributed by atoms with Crippen LogP contribution in [0.15, 0.2) is 24.3 Å². The van der Waals surface area contributed by atoms with Crippen LogP contribution in [0.5, 0.6) is 5.75 Å². The molecule has 3 heteroatoms. The molecule has 1 saturated carbocycles. The second-order valence-electron chi connectivity index (χ2n) is 5.33. The minimum atomic E-state index is -0.261. The predicted octanol–water partition coefficient (Wildman–Crippen LogP) is 2.05. The van der Waals surface area contributed by atoms with E-state index in [1.54, 1.807) is 7.11 Å². The van der Waals surface area contributed by atoms with Crippen molar-refractivity contribution >= 4 is 5.78 Å². The summed E-state index contributed by atoms with van der Waals surface area (Å²) >= 11 is 0. The van der Waals surface area contributed by atoms with Crippen LogP contribution in [0.1, 0.15) is 31.2 Å². The van der Waals surface area contributed by atoms with Gasteiger partial charge in [0.1, 0.15) is 5.75 Å². The van der Waals surface area contributed by atoms with Gasteiger partial charge in [0.15, 0.2) is 5.78 Å². The lowest BCUT2D eigenvalue weighted by atomic mass is 9.63. The molecule has 3 nitrogen and oxygen atoms in total. The second-order valence-corrected chi connectivity index (χ2v) is 5.33. The van der Waals surface area contributed by atoms with Gasteiger partial charge in [-0.15, -0.1) is 0 Å². The Labute approximate surface area is 108 Å². The maximum atomic E-state index is 12.6. The number of rotatable bonds is 2. The topological polar surface area (TPSA) is 38.3 Å². The van der Waals surface area contributed by atoms with Crippen molar-refractivity contribution in [1.82, 2.24) is 5.32 Å². The van der Waals surface area contributed by atoms with Crippen molar-refractivity contribution in [3.8, 4) is 5.75 Å². The van der Waals surface area contributed by atoms with E-state index in [1.807, 2.05) is 18.2 Å². The van der Waals surface area contributed by atoms with E-state index in [4.69, 9.17) is 4.74 Å². The van der Waals surface area contributed by atoms with Crippen molar-refractivity contribution in [3.63, 3.8) is 0 Å². The van der Waals surface area contributed by atoms with Crippen molar-refractivity contribution in [2.45, 2.75) is 37.1 Å². The van der Waals surface area contributed by atoms with E-state index >= 15 is 0 Å². The summed E-state index contributed by atoms with van der Waals surface area (Å²) in [7, 11) is 1.67. The molecular weight excluding hydrogens is 226 g/mol. The monoisotopic (exact) mass is 245 g/mol. The minimum Gasteiger partial charge on any atom is -0.497 e. The van der Waals surface area contributed by atoms with Crippen LogP contribution < -0.4 is 10.1 Å². The molecule has 1 aromatic carbocycles. The Morgan fingerprint density at radius 2 is 2.28 bits per heavy atom. The lowest BCUT2D eigenvalue weighted by Gasteiger charge is -2.44. The summed E-state index contributed by atoms with van der Waals surface area (Å²) in [6, 6.07) is 8.10. The van der Waals surface area contributed by atoms with Crippen LogP contribution in [0.2, 0.25) is 0 Å². The van der Waals surface area contributed by atoms with Gasteiger partial charge in [-0.2, -0.15) is 0 Å². The van der Waals surface area contributed by atoms with E-state index in [1.165, 1.54) is 0 Å². The third-order valence-corrected chi connectivity index (χ3v) is 4.45. The number of benzene rings is 1. The van der Waals surface area contributed by atoms with Crippen LogP contribution in [0.3, 0.4) is 0 Å². The normalized spacial score (nSPS) is 31.2. The summed E-state index contributed by atoms with van der Waals surface area (Å²) in [6.07, 6.45) is 4.01. The molecular formula is C15H19NO2. The van der Waals surface area contributed by atoms with Gasteiger partial charge in [-0.3, -0.25) is 4.79 Å². The summed E-state index contributed by atoms with van der Waals surface area (Å²) in [6.45, 7) is 0.938. The number of carbonyl (C=O) groups excluding carboxylic acids is 1. The maximum Gasteiger partial charge on any atom is 0.160 e. The van der Waals surface area contributed by atoms with E-state index in [2.05, 4.69) is 11.4 Å². The molecule has 1 N–H and O–H groups in total. The maximum absolute atomic E-state index is 12.6. The summed E-state index contributed by atoms with van der Waals surface area (Å²) < 4.78 is 5.29. The Morgan fingerprint density at radius 3 is 3.11 bits per heavy atom. The highest BCUT2D eigenvalue weighted by Gasteiger charge is 2.48. The number of carbonyl (C=O) groups is 1. The number of piperidine rings is 1. The van der Waals surface area contributed by atoms with E-state index in [0.717, 1.165) is 43.5 Å². The summed E-state index contributed by atoms with van der Waals surface area (Å²) in [4.78, 5) is 12.6. The van der Waals surface area contributed by atoms with Gasteiger partial charge in [-0.25, -0.2) is 0 Å². The molecule has 1 aliphatic carbocycles. The molecule has 0 radical (unpaired) electrons. The zero-order valence-corrected chi connectivity index (χ0v) is 10.7. The van der Waals surface area contributed by atoms with Crippen LogP contribution in [-0.4, -0.2) is 25.5 Å². The molecule has 0 aromatic heterocycles. The van der Waals surface area contributed by atoms with Crippen molar-refractivity contribution in [2.75, 3.05) is 13.7 Å². The quantitative estimate of drug-likeness (QED) is 0.866. The zero-order chi connectivity index (χ0) is 12.6. The third kappa shape index (κ3) is 1.65. The fraction of sp³-hybridized carbons (Fsp3) is 0.533. The summed E-state index contributed by atoms with van der Waals surface area (Å²) in [5.41, 5.74) is 0.876. The number of hydrogen-bond acceptors (Lipinski definition) is 3. The number of fused-ring (bicyclic) bond motifs is 2. The van der Waals surface area contributed by atoms with Crippen LogP contribution in [0, 0.1) is 0 Å². The Bertz CT molecular complexity index is 459. The van der Waals surface area contributed by atoms with E-state index in [-0.39, 0.29) is 11.5 Å². The Hall–Kier alpha value is -1.35. The highest BCUT2D eigenvalue weighted by molar-refractivity contribution is 5.96. The molecule has 1 aliphatic heterocycles. The van der Waals surface area contributed by atoms with Gasteiger partial charge in [-0.1, -0.05) is 18.6 Å². The van der Waals surface area contributed by atoms with E-state index < -0.39 is 0 Å². The second kappa shape index (κ2) is 4.39. The van der Waals surface area contributed by atoms with Crippen molar-refractivity contribution < 1.29 is 9.53 Å². The summed E-state index contributed by atoms with van der Waals surface area (Å²) in [5, 5.41) is 3.34. The standard InChI is InChI=1S/C15H19NO2/c1-18-12-5-2-4-11(10-12)15-7-3-6-13(14(15)17)16-9-8-15/h2,4-5,10,13,16H,3,6-9H2,1H3/t13-,15-/m0/s1. The molecule has 0 unspecified atom stereocenters. The molecule has 2 bridgehead atoms. The Balaban J connectivity index is 2.03. The van der Waals surface area contributed by atoms with Crippen molar-refractivity contribution in [3.05, 3.63) is 29.8 Å². The van der Waals surface area contributed by atoms with Crippen LogP contribution in [-0.2, 0) is 10.2 Å². The molecule has 3 rings (SSSR count). The van der Waals surface area contributed by atoms with E-state index in [9.17, 15) is 4.79 Å². The summed E-state index contributed by atoms with van der Waals surface area (Å²) in [5.74, 6) is 1.23. The van der Waals surface area contributed by atoms with Gasteiger partial charge in [-0.05, 0) is 43.5 Å². The van der Waals surface area contributed by atoms with Gasteiger partial charge >= 0.3 is 0 Å². The predicted molar refractivity (Wildman–Crippen MR) is 69.9 cm³/mol. The minimum absolute atomic E-state index is 0.0682. The molecule has 18 heavy (non-hydrogen) atoms. The Kier molecular flexibility index (Phi) is 2.86. The number of methoxy groups -OCH3 is 1.